The van der Waals surface area contributed by atoms with Gasteiger partial charge in [0.05, 0.1) is 14.2 Å². The van der Waals surface area contributed by atoms with Crippen LogP contribution in [0.25, 0.3) is 0 Å². The lowest BCUT2D eigenvalue weighted by molar-refractivity contribution is 0.395. The van der Waals surface area contributed by atoms with E-state index in [-0.39, 0.29) is 11.3 Å². The van der Waals surface area contributed by atoms with Gasteiger partial charge >= 0.3 is 5.63 Å². The number of hydrogen-bond acceptors (Lipinski definition) is 6. The van der Waals surface area contributed by atoms with E-state index < -0.39 is 5.63 Å². The number of aromatic hydroxyl groups is 1. The molecule has 1 heterocycles. The minimum atomic E-state index is -0.649. The summed E-state index contributed by atoms with van der Waals surface area (Å²) in [5.41, 5.74) is -0.167. The Hall–Kier alpha value is -2.76. The summed E-state index contributed by atoms with van der Waals surface area (Å²) in [4.78, 5) is 15.8. The van der Waals surface area contributed by atoms with Gasteiger partial charge in [-0.2, -0.15) is 0 Å². The third kappa shape index (κ3) is 3.22. The first-order chi connectivity index (χ1) is 10.0. The maximum absolute atomic E-state index is 11.7. The van der Waals surface area contributed by atoms with Crippen molar-refractivity contribution in [1.29, 1.82) is 0 Å². The van der Waals surface area contributed by atoms with Gasteiger partial charge in [-0.05, 0) is 19.1 Å². The fourth-order valence-corrected chi connectivity index (χ4v) is 1.75. The number of rotatable bonds is 4. The zero-order chi connectivity index (χ0) is 15.4. The lowest BCUT2D eigenvalue weighted by Crippen LogP contribution is -2.07. The maximum Gasteiger partial charge on any atom is 0.348 e. The van der Waals surface area contributed by atoms with Gasteiger partial charge in [0.2, 0.25) is 0 Å². The number of nitrogens with zero attached hydrogens (tertiary/aromatic N) is 1. The largest absolute Gasteiger partial charge is 0.507 e. The van der Waals surface area contributed by atoms with Gasteiger partial charge < -0.3 is 19.0 Å². The first-order valence-electron chi connectivity index (χ1n) is 6.15. The Morgan fingerprint density at radius 1 is 1.24 bits per heavy atom. The van der Waals surface area contributed by atoms with Crippen LogP contribution in [0.4, 0.5) is 5.69 Å². The standard InChI is InChI=1S/C15H15NO5/c1-9-6-13(17)11(15(18)21-9)8-16-12-5-4-10(19-2)7-14(12)20-3/h4-8,17H,1-3H3. The van der Waals surface area contributed by atoms with Gasteiger partial charge in [-0.15, -0.1) is 0 Å². The first kappa shape index (κ1) is 14.6. The molecule has 0 amide bonds. The summed E-state index contributed by atoms with van der Waals surface area (Å²) in [6.07, 6.45) is 1.24. The molecule has 0 fully saturated rings. The average Bonchev–Trinajstić information content (AvgIpc) is 2.46. The van der Waals surface area contributed by atoms with Gasteiger partial charge in [0.25, 0.3) is 0 Å². The van der Waals surface area contributed by atoms with Gasteiger partial charge in [-0.1, -0.05) is 0 Å². The number of ether oxygens (including phenoxy) is 2. The normalized spacial score (nSPS) is 10.8. The van der Waals surface area contributed by atoms with Gasteiger partial charge in [0, 0.05) is 18.3 Å². The van der Waals surface area contributed by atoms with Crippen molar-refractivity contribution < 1.29 is 19.0 Å². The summed E-state index contributed by atoms with van der Waals surface area (Å²) in [6.45, 7) is 1.58. The van der Waals surface area contributed by atoms with E-state index in [0.717, 1.165) is 0 Å². The summed E-state index contributed by atoms with van der Waals surface area (Å²) < 4.78 is 15.2. The van der Waals surface area contributed by atoms with Crippen LogP contribution in [-0.4, -0.2) is 25.5 Å². The third-order valence-corrected chi connectivity index (χ3v) is 2.81. The third-order valence-electron chi connectivity index (χ3n) is 2.81. The zero-order valence-corrected chi connectivity index (χ0v) is 11.9. The van der Waals surface area contributed by atoms with Crippen molar-refractivity contribution in [3.63, 3.8) is 0 Å². The molecule has 0 aliphatic heterocycles. The van der Waals surface area contributed by atoms with E-state index in [2.05, 4.69) is 4.99 Å². The molecule has 1 aromatic heterocycles. The molecule has 0 saturated carbocycles. The average molecular weight is 289 g/mol. The highest BCUT2D eigenvalue weighted by Gasteiger charge is 2.08. The molecule has 0 unspecified atom stereocenters. The van der Waals surface area contributed by atoms with E-state index in [9.17, 15) is 9.90 Å². The van der Waals surface area contributed by atoms with Crippen LogP contribution < -0.4 is 15.1 Å². The number of benzene rings is 1. The summed E-state index contributed by atoms with van der Waals surface area (Å²) >= 11 is 0. The Bertz CT molecular complexity index is 733. The fraction of sp³-hybridized carbons (Fsp3) is 0.200. The van der Waals surface area contributed by atoms with Gasteiger partial charge in [0.15, 0.2) is 0 Å². The Labute approximate surface area is 121 Å². The minimum absolute atomic E-state index is 0.0153. The van der Waals surface area contributed by atoms with E-state index >= 15 is 0 Å². The Balaban J connectivity index is 2.40. The molecule has 1 aromatic carbocycles. The summed E-state index contributed by atoms with van der Waals surface area (Å²) in [7, 11) is 3.05. The van der Waals surface area contributed by atoms with Gasteiger partial charge in [-0.25, -0.2) is 4.79 Å². The highest BCUT2D eigenvalue weighted by atomic mass is 16.5. The molecule has 0 saturated heterocycles. The molecule has 2 aromatic rings. The topological polar surface area (TPSA) is 81.3 Å². The number of hydrogen-bond donors (Lipinski definition) is 1. The van der Waals surface area contributed by atoms with Crippen molar-refractivity contribution in [1.82, 2.24) is 0 Å². The molecule has 0 aliphatic carbocycles. The van der Waals surface area contributed by atoms with Crippen LogP contribution in [0.2, 0.25) is 0 Å². The van der Waals surface area contributed by atoms with Crippen molar-refractivity contribution in [2.45, 2.75) is 6.92 Å². The zero-order valence-electron chi connectivity index (χ0n) is 11.9. The molecule has 0 bridgehead atoms. The molecule has 2 rings (SSSR count). The number of aliphatic imine (C=N–C) groups is 1. The van der Waals surface area contributed by atoms with Crippen LogP contribution in [-0.2, 0) is 0 Å². The Morgan fingerprint density at radius 3 is 2.62 bits per heavy atom. The van der Waals surface area contributed by atoms with E-state index in [1.165, 1.54) is 19.4 Å². The second-order valence-corrected chi connectivity index (χ2v) is 4.24. The highest BCUT2D eigenvalue weighted by molar-refractivity contribution is 5.85. The monoisotopic (exact) mass is 289 g/mol. The lowest BCUT2D eigenvalue weighted by atomic mass is 10.2. The lowest BCUT2D eigenvalue weighted by Gasteiger charge is -2.06. The first-order valence-corrected chi connectivity index (χ1v) is 6.15. The van der Waals surface area contributed by atoms with Crippen molar-refractivity contribution in [2.24, 2.45) is 4.99 Å². The van der Waals surface area contributed by atoms with E-state index in [4.69, 9.17) is 13.9 Å². The molecule has 0 aliphatic rings. The van der Waals surface area contributed by atoms with Gasteiger partial charge in [-0.3, -0.25) is 4.99 Å². The van der Waals surface area contributed by atoms with Crippen LogP contribution in [0.3, 0.4) is 0 Å². The fourth-order valence-electron chi connectivity index (χ4n) is 1.75. The molecule has 0 spiro atoms. The SMILES string of the molecule is COc1ccc(N=Cc2c(O)cc(C)oc2=O)c(OC)c1. The van der Waals surface area contributed by atoms with Crippen LogP contribution in [0.15, 0.2) is 38.5 Å². The van der Waals surface area contributed by atoms with Gasteiger partial charge in [0.1, 0.15) is 34.3 Å². The Kier molecular flexibility index (Phi) is 4.27. The molecular weight excluding hydrogens is 274 g/mol. The van der Waals surface area contributed by atoms with E-state index in [1.54, 1.807) is 32.2 Å². The molecule has 0 radical (unpaired) electrons. The number of aryl methyl sites for hydroxylation is 1. The number of methoxy groups -OCH3 is 2. The maximum atomic E-state index is 11.7. The van der Waals surface area contributed by atoms with E-state index in [0.29, 0.717) is 22.9 Å². The quantitative estimate of drug-likeness (QED) is 0.874. The van der Waals surface area contributed by atoms with Crippen LogP contribution >= 0.6 is 0 Å². The molecule has 21 heavy (non-hydrogen) atoms. The van der Waals surface area contributed by atoms with Crippen molar-refractivity contribution in [3.8, 4) is 17.2 Å². The molecule has 0 atom stereocenters. The summed E-state index contributed by atoms with van der Waals surface area (Å²) in [5, 5.41) is 9.76. The Morgan fingerprint density at radius 2 is 2.00 bits per heavy atom. The van der Waals surface area contributed by atoms with Crippen LogP contribution in [0, 0.1) is 6.92 Å². The smallest absolute Gasteiger partial charge is 0.348 e. The highest BCUT2D eigenvalue weighted by Crippen LogP contribution is 2.31. The van der Waals surface area contributed by atoms with Crippen molar-refractivity contribution >= 4 is 11.9 Å². The second kappa shape index (κ2) is 6.13. The molecule has 110 valence electrons. The van der Waals surface area contributed by atoms with Crippen molar-refractivity contribution in [3.05, 3.63) is 46.0 Å². The minimum Gasteiger partial charge on any atom is -0.507 e. The van der Waals surface area contributed by atoms with Crippen LogP contribution in [0.1, 0.15) is 11.3 Å². The summed E-state index contributed by atoms with van der Waals surface area (Å²) in [5.74, 6) is 1.27. The summed E-state index contributed by atoms with van der Waals surface area (Å²) in [6, 6.07) is 6.42. The van der Waals surface area contributed by atoms with Crippen molar-refractivity contribution in [2.75, 3.05) is 14.2 Å². The predicted molar refractivity (Wildman–Crippen MR) is 78.2 cm³/mol. The molecule has 6 nitrogen and oxygen atoms in total. The van der Waals surface area contributed by atoms with E-state index in [1.807, 2.05) is 0 Å². The molecule has 1 N–H and O–H groups in total. The molecular formula is C15H15NO5. The second-order valence-electron chi connectivity index (χ2n) is 4.24. The predicted octanol–water partition coefficient (Wildman–Crippen LogP) is 2.42. The van der Waals surface area contributed by atoms with Crippen LogP contribution in [0.5, 0.6) is 17.2 Å². The molecule has 6 heteroatoms.